The second kappa shape index (κ2) is 5.70. The molecule has 0 bridgehead atoms. The minimum Gasteiger partial charge on any atom is -0.496 e. The second-order valence-electron chi connectivity index (χ2n) is 7.34. The summed E-state index contributed by atoms with van der Waals surface area (Å²) in [6, 6.07) is 9.97. The van der Waals surface area contributed by atoms with E-state index in [1.807, 2.05) is 36.4 Å². The number of benzene rings is 1. The molecule has 3 aliphatic carbocycles. The molecule has 0 radical (unpaired) electrons. The van der Waals surface area contributed by atoms with Gasteiger partial charge in [0.2, 0.25) is 0 Å². The van der Waals surface area contributed by atoms with Crippen LogP contribution < -0.4 is 0 Å². The maximum Gasteiger partial charge on any atom is 0.170 e. The number of hydrogen-bond donors (Lipinski definition) is 0. The normalized spacial score (nSPS) is 38.7. The van der Waals surface area contributed by atoms with E-state index in [0.717, 1.165) is 49.2 Å². The molecule has 0 aromatic heterocycles. The third-order valence-electron chi connectivity index (χ3n) is 6.17. The summed E-state index contributed by atoms with van der Waals surface area (Å²) in [5.41, 5.74) is 5.70. The Balaban J connectivity index is 1.74. The Morgan fingerprint density at radius 2 is 1.96 bits per heavy atom. The topological polar surface area (TPSA) is 35.5 Å². The van der Waals surface area contributed by atoms with Gasteiger partial charge < -0.3 is 9.47 Å². The van der Waals surface area contributed by atoms with Gasteiger partial charge in [-0.2, -0.15) is 0 Å². The summed E-state index contributed by atoms with van der Waals surface area (Å²) in [6.07, 6.45) is 6.29. The molecule has 1 aromatic carbocycles. The van der Waals surface area contributed by atoms with E-state index in [0.29, 0.717) is 5.92 Å². The van der Waals surface area contributed by atoms with Gasteiger partial charge in [-0.15, -0.1) is 0 Å². The van der Waals surface area contributed by atoms with Gasteiger partial charge in [-0.05, 0) is 42.9 Å². The van der Waals surface area contributed by atoms with E-state index in [2.05, 4.69) is 0 Å². The summed E-state index contributed by atoms with van der Waals surface area (Å²) in [5.74, 6) is 1.57. The average molecular weight is 334 g/mol. The smallest absolute Gasteiger partial charge is 0.170 e. The number of carbonyl (C=O) groups excluding carboxylic acids is 1. The molecule has 128 valence electrons. The van der Waals surface area contributed by atoms with Crippen molar-refractivity contribution < 1.29 is 14.3 Å². The predicted molar refractivity (Wildman–Crippen MR) is 95.7 cm³/mol. The summed E-state index contributed by atoms with van der Waals surface area (Å²) in [5, 5.41) is 0. The van der Waals surface area contributed by atoms with Crippen LogP contribution in [-0.2, 0) is 14.3 Å². The standard InChI is InChI=1S/C22H22O3/c1-24-18-12-17(13-6-3-2-4-7-13)21(23)15-9-5-8-14(15)19-16-10-11-25-22(16)20(18)19/h2-4,6-7,12,15-16,22H,5,8-11H2,1H3/b17-12-,19-14-,20-18-. The van der Waals surface area contributed by atoms with E-state index < -0.39 is 0 Å². The van der Waals surface area contributed by atoms with Gasteiger partial charge in [0, 0.05) is 29.6 Å². The molecule has 1 aromatic rings. The van der Waals surface area contributed by atoms with Gasteiger partial charge in [0.15, 0.2) is 5.78 Å². The van der Waals surface area contributed by atoms with Gasteiger partial charge in [-0.25, -0.2) is 0 Å². The highest BCUT2D eigenvalue weighted by Crippen LogP contribution is 2.55. The van der Waals surface area contributed by atoms with E-state index in [-0.39, 0.29) is 17.8 Å². The third-order valence-corrected chi connectivity index (χ3v) is 6.17. The lowest BCUT2D eigenvalue weighted by molar-refractivity contribution is -0.116. The first-order valence-electron chi connectivity index (χ1n) is 9.24. The first-order valence-corrected chi connectivity index (χ1v) is 9.24. The monoisotopic (exact) mass is 334 g/mol. The van der Waals surface area contributed by atoms with Gasteiger partial charge in [0.05, 0.1) is 13.2 Å². The number of methoxy groups -OCH3 is 1. The van der Waals surface area contributed by atoms with Crippen molar-refractivity contribution in [1.29, 1.82) is 0 Å². The molecule has 1 heterocycles. The number of Topliss-reactive ketones (excluding diaryl/α,β-unsaturated/α-hetero) is 1. The van der Waals surface area contributed by atoms with Crippen LogP contribution >= 0.6 is 0 Å². The van der Waals surface area contributed by atoms with Crippen molar-refractivity contribution in [2.45, 2.75) is 31.8 Å². The highest BCUT2D eigenvalue weighted by Gasteiger charge is 2.51. The highest BCUT2D eigenvalue weighted by atomic mass is 16.5. The van der Waals surface area contributed by atoms with Crippen molar-refractivity contribution >= 4 is 11.4 Å². The quantitative estimate of drug-likeness (QED) is 0.818. The largest absolute Gasteiger partial charge is 0.496 e. The lowest BCUT2D eigenvalue weighted by atomic mass is 9.65. The molecule has 0 spiro atoms. The van der Waals surface area contributed by atoms with Crippen LogP contribution in [0.25, 0.3) is 5.57 Å². The Hall–Kier alpha value is -2.13. The first kappa shape index (κ1) is 15.2. The fourth-order valence-electron chi connectivity index (χ4n) is 5.05. The Labute approximate surface area is 148 Å². The number of fused-ring (bicyclic) bond motifs is 5. The summed E-state index contributed by atoms with van der Waals surface area (Å²) < 4.78 is 11.7. The molecule has 2 saturated carbocycles. The molecule has 3 atom stereocenters. The predicted octanol–water partition coefficient (Wildman–Crippen LogP) is 4.07. The minimum atomic E-state index is 0.0383. The maximum atomic E-state index is 13.4. The van der Waals surface area contributed by atoms with E-state index in [4.69, 9.17) is 9.47 Å². The Bertz CT molecular complexity index is 828. The van der Waals surface area contributed by atoms with Crippen molar-refractivity contribution in [2.75, 3.05) is 13.7 Å². The van der Waals surface area contributed by atoms with Crippen LogP contribution in [0, 0.1) is 11.8 Å². The summed E-state index contributed by atoms with van der Waals surface area (Å²) in [4.78, 5) is 13.4. The van der Waals surface area contributed by atoms with Crippen molar-refractivity contribution in [3.05, 3.63) is 64.4 Å². The van der Waals surface area contributed by atoms with Crippen LogP contribution in [0.4, 0.5) is 0 Å². The van der Waals surface area contributed by atoms with Crippen LogP contribution in [-0.4, -0.2) is 25.6 Å². The van der Waals surface area contributed by atoms with E-state index in [1.165, 1.54) is 16.7 Å². The van der Waals surface area contributed by atoms with Crippen molar-refractivity contribution in [3.63, 3.8) is 0 Å². The fourth-order valence-corrected chi connectivity index (χ4v) is 5.05. The molecule has 3 unspecified atom stereocenters. The average Bonchev–Trinajstić information content (AvgIpc) is 3.26. The maximum absolute atomic E-state index is 13.4. The lowest BCUT2D eigenvalue weighted by Crippen LogP contribution is -2.38. The second-order valence-corrected chi connectivity index (χ2v) is 7.34. The summed E-state index contributed by atoms with van der Waals surface area (Å²) in [6.45, 7) is 0.806. The SMILES string of the molecule is COC1=C2/C(=C3/CCCC3C(=O)/C(c3ccccc3)=C\1)C1CCOC21. The molecule has 1 aliphatic heterocycles. The molecule has 25 heavy (non-hydrogen) atoms. The van der Waals surface area contributed by atoms with Gasteiger partial charge in [0.25, 0.3) is 0 Å². The molecule has 0 N–H and O–H groups in total. The van der Waals surface area contributed by atoms with Crippen LogP contribution in [0.3, 0.4) is 0 Å². The number of ketones is 1. The number of carbonyl (C=O) groups is 1. The lowest BCUT2D eigenvalue weighted by Gasteiger charge is -2.40. The number of rotatable bonds is 2. The van der Waals surface area contributed by atoms with Crippen molar-refractivity contribution in [3.8, 4) is 0 Å². The highest BCUT2D eigenvalue weighted by molar-refractivity contribution is 6.23. The summed E-state index contributed by atoms with van der Waals surface area (Å²) in [7, 11) is 1.70. The number of hydrogen-bond acceptors (Lipinski definition) is 3. The molecule has 5 rings (SSSR count). The molecule has 3 heteroatoms. The fraction of sp³-hybridized carbons (Fsp3) is 0.409. The Morgan fingerprint density at radius 1 is 1.12 bits per heavy atom. The zero-order chi connectivity index (χ0) is 17.0. The molecule has 4 aliphatic rings. The molecule has 0 amide bonds. The zero-order valence-corrected chi connectivity index (χ0v) is 14.5. The third kappa shape index (κ3) is 2.12. The first-order chi connectivity index (χ1) is 12.3. The molecular weight excluding hydrogens is 312 g/mol. The zero-order valence-electron chi connectivity index (χ0n) is 14.5. The van der Waals surface area contributed by atoms with Gasteiger partial charge in [-0.1, -0.05) is 35.9 Å². The van der Waals surface area contributed by atoms with E-state index >= 15 is 0 Å². The molecule has 1 saturated heterocycles. The molecular formula is C22H22O3. The van der Waals surface area contributed by atoms with Crippen molar-refractivity contribution in [2.24, 2.45) is 11.8 Å². The number of ether oxygens (including phenoxy) is 2. The van der Waals surface area contributed by atoms with Gasteiger partial charge in [-0.3, -0.25) is 4.79 Å². The minimum absolute atomic E-state index is 0.0383. The molecule has 3 fully saturated rings. The van der Waals surface area contributed by atoms with Crippen LogP contribution in [0.5, 0.6) is 0 Å². The van der Waals surface area contributed by atoms with Gasteiger partial charge >= 0.3 is 0 Å². The van der Waals surface area contributed by atoms with Crippen LogP contribution in [0.15, 0.2) is 58.9 Å². The van der Waals surface area contributed by atoms with Crippen LogP contribution in [0.1, 0.15) is 31.2 Å². The van der Waals surface area contributed by atoms with Gasteiger partial charge in [0.1, 0.15) is 5.76 Å². The van der Waals surface area contributed by atoms with E-state index in [9.17, 15) is 4.79 Å². The molecule has 3 nitrogen and oxygen atoms in total. The van der Waals surface area contributed by atoms with Crippen molar-refractivity contribution in [1.82, 2.24) is 0 Å². The Morgan fingerprint density at radius 3 is 2.76 bits per heavy atom. The Kier molecular flexibility index (Phi) is 3.46. The van der Waals surface area contributed by atoms with E-state index in [1.54, 1.807) is 7.11 Å². The summed E-state index contributed by atoms with van der Waals surface area (Å²) >= 11 is 0. The van der Waals surface area contributed by atoms with Crippen LogP contribution in [0.2, 0.25) is 0 Å². The number of allylic oxidation sites excluding steroid dienone is 3.